The zero-order valence-corrected chi connectivity index (χ0v) is 9.78. The van der Waals surface area contributed by atoms with Crippen molar-refractivity contribution < 1.29 is 4.74 Å². The van der Waals surface area contributed by atoms with Crippen LogP contribution >= 0.6 is 0 Å². The number of rotatable bonds is 2. The summed E-state index contributed by atoms with van der Waals surface area (Å²) in [7, 11) is 0. The van der Waals surface area contributed by atoms with Gasteiger partial charge in [0.25, 0.3) is 0 Å². The molecule has 0 aromatic heterocycles. The van der Waals surface area contributed by atoms with E-state index in [1.165, 1.54) is 17.5 Å². The molecule has 2 N–H and O–H groups in total. The maximum Gasteiger partial charge on any atom is 0.0763 e. The molecular formula is C14H19NO. The van der Waals surface area contributed by atoms with Crippen LogP contribution in [-0.4, -0.2) is 17.7 Å². The van der Waals surface area contributed by atoms with Crippen molar-refractivity contribution in [1.82, 2.24) is 0 Å². The molecule has 3 atom stereocenters. The van der Waals surface area contributed by atoms with E-state index in [0.717, 1.165) is 19.3 Å². The number of aryl methyl sites for hydroxylation is 1. The van der Waals surface area contributed by atoms with Gasteiger partial charge in [0.05, 0.1) is 12.2 Å². The SMILES string of the molecule is Cc1ccccc1CC1(N)CC2CCC1O2. The molecule has 0 amide bonds. The van der Waals surface area contributed by atoms with Gasteiger partial charge < -0.3 is 10.5 Å². The Kier molecular flexibility index (Phi) is 2.30. The molecule has 2 heterocycles. The topological polar surface area (TPSA) is 35.2 Å². The highest BCUT2D eigenvalue weighted by molar-refractivity contribution is 5.28. The monoisotopic (exact) mass is 217 g/mol. The molecule has 0 saturated carbocycles. The lowest BCUT2D eigenvalue weighted by Crippen LogP contribution is -2.50. The van der Waals surface area contributed by atoms with E-state index in [1.54, 1.807) is 0 Å². The van der Waals surface area contributed by atoms with Gasteiger partial charge in [-0.2, -0.15) is 0 Å². The standard InChI is InChI=1S/C14H19NO/c1-10-4-2-3-5-11(10)8-14(15)9-12-6-7-13(14)16-12/h2-5,12-13H,6-9,15H2,1H3. The summed E-state index contributed by atoms with van der Waals surface area (Å²) in [6.07, 6.45) is 5.06. The number of ether oxygens (including phenoxy) is 1. The van der Waals surface area contributed by atoms with Crippen LogP contribution < -0.4 is 5.73 Å². The molecule has 3 rings (SSSR count). The summed E-state index contributed by atoms with van der Waals surface area (Å²) in [5.74, 6) is 0. The van der Waals surface area contributed by atoms with E-state index in [9.17, 15) is 0 Å². The van der Waals surface area contributed by atoms with Gasteiger partial charge in [0.1, 0.15) is 0 Å². The number of nitrogens with two attached hydrogens (primary N) is 1. The van der Waals surface area contributed by atoms with E-state index >= 15 is 0 Å². The maximum atomic E-state index is 6.52. The number of fused-ring (bicyclic) bond motifs is 2. The average Bonchev–Trinajstić information content (AvgIpc) is 2.81. The highest BCUT2D eigenvalue weighted by Crippen LogP contribution is 2.42. The Balaban J connectivity index is 1.82. The summed E-state index contributed by atoms with van der Waals surface area (Å²) in [5.41, 5.74) is 9.12. The second kappa shape index (κ2) is 3.57. The molecule has 0 aliphatic carbocycles. The minimum atomic E-state index is -0.116. The molecule has 1 aromatic carbocycles. The fourth-order valence-corrected chi connectivity index (χ4v) is 3.18. The van der Waals surface area contributed by atoms with Gasteiger partial charge in [0, 0.05) is 5.54 Å². The van der Waals surface area contributed by atoms with Crippen LogP contribution in [0.15, 0.2) is 24.3 Å². The Morgan fingerprint density at radius 2 is 2.19 bits per heavy atom. The van der Waals surface area contributed by atoms with Crippen LogP contribution in [0.2, 0.25) is 0 Å². The zero-order valence-electron chi connectivity index (χ0n) is 9.78. The molecule has 2 bridgehead atoms. The first-order valence-electron chi connectivity index (χ1n) is 6.16. The molecule has 2 saturated heterocycles. The highest BCUT2D eigenvalue weighted by Gasteiger charge is 2.49. The second-order valence-corrected chi connectivity index (χ2v) is 5.36. The molecule has 16 heavy (non-hydrogen) atoms. The predicted molar refractivity (Wildman–Crippen MR) is 64.3 cm³/mol. The van der Waals surface area contributed by atoms with E-state index in [-0.39, 0.29) is 11.6 Å². The number of hydrogen-bond acceptors (Lipinski definition) is 2. The molecule has 0 spiro atoms. The van der Waals surface area contributed by atoms with Crippen molar-refractivity contribution in [1.29, 1.82) is 0 Å². The smallest absolute Gasteiger partial charge is 0.0763 e. The van der Waals surface area contributed by atoms with Crippen molar-refractivity contribution in [3.8, 4) is 0 Å². The van der Waals surface area contributed by atoms with Gasteiger partial charge in [-0.25, -0.2) is 0 Å². The number of benzene rings is 1. The van der Waals surface area contributed by atoms with Gasteiger partial charge in [-0.3, -0.25) is 0 Å². The third-order valence-corrected chi connectivity index (χ3v) is 4.14. The van der Waals surface area contributed by atoms with E-state index in [2.05, 4.69) is 31.2 Å². The van der Waals surface area contributed by atoms with Crippen molar-refractivity contribution in [2.45, 2.75) is 50.4 Å². The Labute approximate surface area is 96.8 Å². The molecule has 0 radical (unpaired) electrons. The van der Waals surface area contributed by atoms with Gasteiger partial charge in [0.15, 0.2) is 0 Å². The molecule has 2 aliphatic heterocycles. The van der Waals surface area contributed by atoms with Crippen LogP contribution in [0.3, 0.4) is 0 Å². The first kappa shape index (κ1) is 10.3. The molecule has 3 unspecified atom stereocenters. The van der Waals surface area contributed by atoms with Gasteiger partial charge in [-0.15, -0.1) is 0 Å². The summed E-state index contributed by atoms with van der Waals surface area (Å²) in [4.78, 5) is 0. The quantitative estimate of drug-likeness (QED) is 0.824. The Bertz CT molecular complexity index is 403. The molecule has 86 valence electrons. The third kappa shape index (κ3) is 1.57. The van der Waals surface area contributed by atoms with Crippen molar-refractivity contribution >= 4 is 0 Å². The van der Waals surface area contributed by atoms with E-state index < -0.39 is 0 Å². The third-order valence-electron chi connectivity index (χ3n) is 4.14. The first-order chi connectivity index (χ1) is 7.67. The van der Waals surface area contributed by atoms with E-state index in [4.69, 9.17) is 10.5 Å². The van der Waals surface area contributed by atoms with Crippen LogP contribution in [0.5, 0.6) is 0 Å². The van der Waals surface area contributed by atoms with Crippen LogP contribution in [0, 0.1) is 6.92 Å². The van der Waals surface area contributed by atoms with Crippen LogP contribution in [0.4, 0.5) is 0 Å². The lowest BCUT2D eigenvalue weighted by atomic mass is 9.77. The van der Waals surface area contributed by atoms with Gasteiger partial charge in [-0.1, -0.05) is 24.3 Å². The van der Waals surface area contributed by atoms with Crippen LogP contribution in [-0.2, 0) is 11.2 Å². The summed E-state index contributed by atoms with van der Waals surface area (Å²) in [5, 5.41) is 0. The maximum absolute atomic E-state index is 6.52. The largest absolute Gasteiger partial charge is 0.373 e. The van der Waals surface area contributed by atoms with E-state index in [1.807, 2.05) is 0 Å². The van der Waals surface area contributed by atoms with E-state index in [0.29, 0.717) is 6.10 Å². The van der Waals surface area contributed by atoms with Gasteiger partial charge in [0.2, 0.25) is 0 Å². The lowest BCUT2D eigenvalue weighted by Gasteiger charge is -2.31. The molecular weight excluding hydrogens is 198 g/mol. The lowest BCUT2D eigenvalue weighted by molar-refractivity contribution is 0.0856. The second-order valence-electron chi connectivity index (χ2n) is 5.36. The van der Waals surface area contributed by atoms with Crippen molar-refractivity contribution in [3.05, 3.63) is 35.4 Å². The van der Waals surface area contributed by atoms with Crippen molar-refractivity contribution in [3.63, 3.8) is 0 Å². The fraction of sp³-hybridized carbons (Fsp3) is 0.571. The normalized spacial score (nSPS) is 36.9. The molecule has 2 aliphatic rings. The Hall–Kier alpha value is -0.860. The highest BCUT2D eigenvalue weighted by atomic mass is 16.5. The summed E-state index contributed by atoms with van der Waals surface area (Å²) < 4.78 is 5.87. The summed E-state index contributed by atoms with van der Waals surface area (Å²) in [6, 6.07) is 8.53. The molecule has 2 nitrogen and oxygen atoms in total. The van der Waals surface area contributed by atoms with Crippen LogP contribution in [0.1, 0.15) is 30.4 Å². The van der Waals surface area contributed by atoms with Crippen LogP contribution in [0.25, 0.3) is 0 Å². The first-order valence-corrected chi connectivity index (χ1v) is 6.16. The Morgan fingerprint density at radius 1 is 1.38 bits per heavy atom. The minimum absolute atomic E-state index is 0.116. The summed E-state index contributed by atoms with van der Waals surface area (Å²) in [6.45, 7) is 2.16. The predicted octanol–water partition coefficient (Wildman–Crippen LogP) is 2.19. The minimum Gasteiger partial charge on any atom is -0.373 e. The number of hydrogen-bond donors (Lipinski definition) is 1. The van der Waals surface area contributed by atoms with Crippen molar-refractivity contribution in [2.24, 2.45) is 5.73 Å². The van der Waals surface area contributed by atoms with Gasteiger partial charge >= 0.3 is 0 Å². The molecule has 2 heteroatoms. The summed E-state index contributed by atoms with van der Waals surface area (Å²) >= 11 is 0. The van der Waals surface area contributed by atoms with Gasteiger partial charge in [-0.05, 0) is 43.7 Å². The Morgan fingerprint density at radius 3 is 2.81 bits per heavy atom. The molecule has 2 fully saturated rings. The fourth-order valence-electron chi connectivity index (χ4n) is 3.18. The zero-order chi connectivity index (χ0) is 11.2. The van der Waals surface area contributed by atoms with Crippen molar-refractivity contribution in [2.75, 3.05) is 0 Å². The average molecular weight is 217 g/mol. The molecule has 1 aromatic rings.